The molecule has 0 radical (unpaired) electrons. The Labute approximate surface area is 133 Å². The van der Waals surface area contributed by atoms with E-state index in [4.69, 9.17) is 23.2 Å². The van der Waals surface area contributed by atoms with Crippen LogP contribution in [0.4, 0.5) is 4.39 Å². The van der Waals surface area contributed by atoms with Crippen LogP contribution in [-0.2, 0) is 0 Å². The van der Waals surface area contributed by atoms with Crippen LogP contribution in [0.3, 0.4) is 0 Å². The lowest BCUT2D eigenvalue weighted by molar-refractivity contribution is 0.235. The first kappa shape index (κ1) is 16.2. The van der Waals surface area contributed by atoms with Gasteiger partial charge in [0.05, 0.1) is 17.7 Å². The van der Waals surface area contributed by atoms with Crippen LogP contribution in [0.2, 0.25) is 10.0 Å². The molecule has 0 aliphatic carbocycles. The molecule has 0 aliphatic heterocycles. The molecule has 21 heavy (non-hydrogen) atoms. The third kappa shape index (κ3) is 3.95. The number of benzene rings is 2. The molecule has 5 heteroatoms. The predicted molar refractivity (Wildman–Crippen MR) is 84.2 cm³/mol. The summed E-state index contributed by atoms with van der Waals surface area (Å²) in [7, 11) is 0. The summed E-state index contributed by atoms with van der Waals surface area (Å²) in [6, 6.07) is 11.8. The lowest BCUT2D eigenvalue weighted by Gasteiger charge is -2.23. The molecule has 2 N–H and O–H groups in total. The molecular formula is C16H16Cl2FNO. The van der Waals surface area contributed by atoms with Crippen LogP contribution in [-0.4, -0.2) is 11.7 Å². The van der Waals surface area contributed by atoms with E-state index in [-0.39, 0.29) is 23.7 Å². The summed E-state index contributed by atoms with van der Waals surface area (Å²) in [6.45, 7) is 1.79. The summed E-state index contributed by atoms with van der Waals surface area (Å²) in [5.74, 6) is -0.509. The maximum absolute atomic E-state index is 13.6. The highest BCUT2D eigenvalue weighted by Gasteiger charge is 2.18. The summed E-state index contributed by atoms with van der Waals surface area (Å²) in [6.07, 6.45) is 0. The Morgan fingerprint density at radius 2 is 1.81 bits per heavy atom. The fourth-order valence-electron chi connectivity index (χ4n) is 2.20. The van der Waals surface area contributed by atoms with Gasteiger partial charge in [0.2, 0.25) is 0 Å². The third-order valence-corrected chi connectivity index (χ3v) is 3.96. The maximum atomic E-state index is 13.6. The molecular weight excluding hydrogens is 312 g/mol. The molecule has 0 saturated heterocycles. The highest BCUT2D eigenvalue weighted by Crippen LogP contribution is 2.30. The second-order valence-corrected chi connectivity index (χ2v) is 5.64. The van der Waals surface area contributed by atoms with Gasteiger partial charge in [0.15, 0.2) is 0 Å². The summed E-state index contributed by atoms with van der Waals surface area (Å²) in [5.41, 5.74) is 1.56. The number of halogens is 3. The van der Waals surface area contributed by atoms with Gasteiger partial charge in [-0.1, -0.05) is 53.5 Å². The smallest absolute Gasteiger partial charge is 0.142 e. The first-order valence-electron chi connectivity index (χ1n) is 6.59. The summed E-state index contributed by atoms with van der Waals surface area (Å²) in [4.78, 5) is 0. The zero-order valence-electron chi connectivity index (χ0n) is 11.5. The number of hydrogen-bond donors (Lipinski definition) is 2. The quantitative estimate of drug-likeness (QED) is 0.791. The topological polar surface area (TPSA) is 32.3 Å². The van der Waals surface area contributed by atoms with Gasteiger partial charge in [0, 0.05) is 11.1 Å². The van der Waals surface area contributed by atoms with Gasteiger partial charge in [-0.3, -0.25) is 0 Å². The van der Waals surface area contributed by atoms with Crippen molar-refractivity contribution in [3.05, 3.63) is 69.5 Å². The van der Waals surface area contributed by atoms with E-state index in [1.54, 1.807) is 0 Å². The Kier molecular flexibility index (Phi) is 5.59. The first-order valence-corrected chi connectivity index (χ1v) is 7.34. The third-order valence-electron chi connectivity index (χ3n) is 3.34. The molecule has 0 aromatic heterocycles. The van der Waals surface area contributed by atoms with Crippen molar-refractivity contribution >= 4 is 23.2 Å². The number of aliphatic hydroxyl groups excluding tert-OH is 1. The standard InChI is InChI=1S/C16H16Cl2FNO/c1-10(12-7-15(19)14(18)8-13(12)17)20-16(9-21)11-5-3-2-4-6-11/h2-8,10,16,20-21H,9H2,1H3/t10?,16-/m1/s1. The zero-order valence-corrected chi connectivity index (χ0v) is 13.0. The molecule has 2 atom stereocenters. The predicted octanol–water partition coefficient (Wildman–Crippen LogP) is 4.52. The lowest BCUT2D eigenvalue weighted by Crippen LogP contribution is -2.27. The Morgan fingerprint density at radius 1 is 1.14 bits per heavy atom. The normalized spacial score (nSPS) is 14.0. The van der Waals surface area contributed by atoms with E-state index in [2.05, 4.69) is 5.32 Å². The van der Waals surface area contributed by atoms with Crippen LogP contribution in [0.1, 0.15) is 30.1 Å². The van der Waals surface area contributed by atoms with E-state index in [9.17, 15) is 9.50 Å². The van der Waals surface area contributed by atoms with E-state index in [0.717, 1.165) is 5.56 Å². The molecule has 1 unspecified atom stereocenters. The fourth-order valence-corrected chi connectivity index (χ4v) is 2.75. The average molecular weight is 328 g/mol. The van der Waals surface area contributed by atoms with Gasteiger partial charge >= 0.3 is 0 Å². The van der Waals surface area contributed by atoms with Crippen LogP contribution in [0, 0.1) is 5.82 Å². The number of rotatable bonds is 5. The first-order chi connectivity index (χ1) is 10.0. The van der Waals surface area contributed by atoms with Gasteiger partial charge in [0.1, 0.15) is 5.82 Å². The van der Waals surface area contributed by atoms with E-state index in [1.165, 1.54) is 12.1 Å². The molecule has 0 amide bonds. The average Bonchev–Trinajstić information content (AvgIpc) is 2.49. The second-order valence-electron chi connectivity index (χ2n) is 4.82. The van der Waals surface area contributed by atoms with Crippen molar-refractivity contribution in [2.45, 2.75) is 19.0 Å². The van der Waals surface area contributed by atoms with Crippen LogP contribution in [0.15, 0.2) is 42.5 Å². The van der Waals surface area contributed by atoms with Crippen molar-refractivity contribution < 1.29 is 9.50 Å². The van der Waals surface area contributed by atoms with Crippen molar-refractivity contribution in [3.8, 4) is 0 Å². The Morgan fingerprint density at radius 3 is 2.43 bits per heavy atom. The molecule has 0 aliphatic rings. The SMILES string of the molecule is CC(N[C@H](CO)c1ccccc1)c1cc(F)c(Cl)cc1Cl. The largest absolute Gasteiger partial charge is 0.394 e. The monoisotopic (exact) mass is 327 g/mol. The summed E-state index contributed by atoms with van der Waals surface area (Å²) in [5, 5.41) is 13.2. The van der Waals surface area contributed by atoms with E-state index in [0.29, 0.717) is 10.6 Å². The van der Waals surface area contributed by atoms with Crippen molar-refractivity contribution in [3.63, 3.8) is 0 Å². The molecule has 2 rings (SSSR count). The van der Waals surface area contributed by atoms with Crippen molar-refractivity contribution in [1.82, 2.24) is 5.32 Å². The highest BCUT2D eigenvalue weighted by molar-refractivity contribution is 6.35. The summed E-state index contributed by atoms with van der Waals surface area (Å²) < 4.78 is 13.6. The minimum atomic E-state index is -0.509. The van der Waals surface area contributed by atoms with E-state index < -0.39 is 5.82 Å². The minimum Gasteiger partial charge on any atom is -0.394 e. The van der Waals surface area contributed by atoms with Crippen LogP contribution < -0.4 is 5.32 Å². The number of nitrogens with one attached hydrogen (secondary N) is 1. The van der Waals surface area contributed by atoms with Gasteiger partial charge < -0.3 is 10.4 Å². The molecule has 0 saturated carbocycles. The minimum absolute atomic E-state index is 0.00211. The Hall–Kier alpha value is -1.13. The van der Waals surface area contributed by atoms with Gasteiger partial charge in [0.25, 0.3) is 0 Å². The molecule has 0 fully saturated rings. The zero-order chi connectivity index (χ0) is 15.4. The lowest BCUT2D eigenvalue weighted by atomic mass is 10.0. The fraction of sp³-hybridized carbons (Fsp3) is 0.250. The molecule has 2 aromatic rings. The van der Waals surface area contributed by atoms with Crippen LogP contribution in [0.5, 0.6) is 0 Å². The van der Waals surface area contributed by atoms with Crippen molar-refractivity contribution in [2.75, 3.05) is 6.61 Å². The molecule has 0 bridgehead atoms. The molecule has 0 heterocycles. The van der Waals surface area contributed by atoms with Crippen LogP contribution >= 0.6 is 23.2 Å². The number of hydrogen-bond acceptors (Lipinski definition) is 2. The molecule has 2 aromatic carbocycles. The van der Waals surface area contributed by atoms with Gasteiger partial charge in [-0.05, 0) is 30.2 Å². The van der Waals surface area contributed by atoms with Gasteiger partial charge in [-0.15, -0.1) is 0 Å². The van der Waals surface area contributed by atoms with Gasteiger partial charge in [-0.2, -0.15) is 0 Å². The summed E-state index contributed by atoms with van der Waals surface area (Å²) >= 11 is 11.8. The van der Waals surface area contributed by atoms with Crippen LogP contribution in [0.25, 0.3) is 0 Å². The highest BCUT2D eigenvalue weighted by atomic mass is 35.5. The van der Waals surface area contributed by atoms with E-state index in [1.807, 2.05) is 37.3 Å². The molecule has 112 valence electrons. The second kappa shape index (κ2) is 7.23. The van der Waals surface area contributed by atoms with Gasteiger partial charge in [-0.25, -0.2) is 4.39 Å². The van der Waals surface area contributed by atoms with E-state index >= 15 is 0 Å². The molecule has 2 nitrogen and oxygen atoms in total. The number of aliphatic hydroxyl groups is 1. The molecule has 0 spiro atoms. The Bertz CT molecular complexity index is 607. The Balaban J connectivity index is 2.20. The maximum Gasteiger partial charge on any atom is 0.142 e. The van der Waals surface area contributed by atoms with Crippen molar-refractivity contribution in [2.24, 2.45) is 0 Å². The van der Waals surface area contributed by atoms with Crippen molar-refractivity contribution in [1.29, 1.82) is 0 Å².